The molecule has 0 aromatic heterocycles. The molecule has 8 heteroatoms. The highest BCUT2D eigenvalue weighted by molar-refractivity contribution is 6.51. The first-order valence-electron chi connectivity index (χ1n) is 9.66. The number of rotatable bonds is 4. The maximum Gasteiger partial charge on any atom is 0.300 e. The maximum absolute atomic E-state index is 13.6. The maximum atomic E-state index is 13.6. The number of hydrogen-bond donors (Lipinski definition) is 1. The first-order valence-corrected chi connectivity index (χ1v) is 9.66. The van der Waals surface area contributed by atoms with Gasteiger partial charge < -0.3 is 5.11 Å². The van der Waals surface area contributed by atoms with Crippen molar-refractivity contribution >= 4 is 28.8 Å². The minimum Gasteiger partial charge on any atom is -0.507 e. The molecular formula is C24H17FN2O5. The quantitative estimate of drug-likeness (QED) is 0.212. The number of benzene rings is 3. The Morgan fingerprint density at radius 2 is 1.62 bits per heavy atom. The van der Waals surface area contributed by atoms with Gasteiger partial charge in [0.2, 0.25) is 0 Å². The van der Waals surface area contributed by atoms with Crippen molar-refractivity contribution in [1.82, 2.24) is 0 Å². The monoisotopic (exact) mass is 432 g/mol. The third kappa shape index (κ3) is 3.51. The first kappa shape index (κ1) is 20.9. The second kappa shape index (κ2) is 8.07. The number of aliphatic hydroxyl groups is 1. The smallest absolute Gasteiger partial charge is 0.300 e. The van der Waals surface area contributed by atoms with E-state index in [-0.39, 0.29) is 16.8 Å². The second-order valence-electron chi connectivity index (χ2n) is 7.31. The molecule has 0 aliphatic carbocycles. The van der Waals surface area contributed by atoms with Crippen molar-refractivity contribution in [3.63, 3.8) is 0 Å². The number of carbonyl (C=O) groups is 2. The van der Waals surface area contributed by atoms with Crippen LogP contribution in [0, 0.1) is 22.9 Å². The van der Waals surface area contributed by atoms with Gasteiger partial charge in [-0.25, -0.2) is 4.39 Å². The van der Waals surface area contributed by atoms with E-state index in [9.17, 15) is 29.2 Å². The predicted molar refractivity (Wildman–Crippen MR) is 115 cm³/mol. The number of nitro groups is 1. The second-order valence-corrected chi connectivity index (χ2v) is 7.31. The van der Waals surface area contributed by atoms with Crippen LogP contribution >= 0.6 is 0 Å². The number of aliphatic hydroxyl groups excluding tert-OH is 1. The number of Topliss-reactive ketones (excluding diaryl/α,β-unsaturated/α-hetero) is 1. The molecule has 1 fully saturated rings. The van der Waals surface area contributed by atoms with Crippen LogP contribution in [-0.4, -0.2) is 21.7 Å². The zero-order chi connectivity index (χ0) is 23.0. The highest BCUT2D eigenvalue weighted by atomic mass is 19.1. The highest BCUT2D eigenvalue weighted by Gasteiger charge is 2.47. The summed E-state index contributed by atoms with van der Waals surface area (Å²) >= 11 is 0. The summed E-state index contributed by atoms with van der Waals surface area (Å²) in [6.45, 7) is 1.78. The number of aryl methyl sites for hydroxylation is 1. The average molecular weight is 432 g/mol. The van der Waals surface area contributed by atoms with E-state index in [1.54, 1.807) is 31.2 Å². The van der Waals surface area contributed by atoms with Gasteiger partial charge in [0.05, 0.1) is 16.5 Å². The van der Waals surface area contributed by atoms with Gasteiger partial charge in [-0.1, -0.05) is 30.3 Å². The van der Waals surface area contributed by atoms with Gasteiger partial charge in [-0.05, 0) is 48.4 Å². The van der Waals surface area contributed by atoms with Crippen LogP contribution in [-0.2, 0) is 9.59 Å². The van der Waals surface area contributed by atoms with Crippen LogP contribution in [0.15, 0.2) is 78.4 Å². The summed E-state index contributed by atoms with van der Waals surface area (Å²) in [5.74, 6) is -2.70. The van der Waals surface area contributed by atoms with Crippen LogP contribution in [0.5, 0.6) is 0 Å². The molecule has 1 atom stereocenters. The Kier molecular flexibility index (Phi) is 5.28. The summed E-state index contributed by atoms with van der Waals surface area (Å²) in [6, 6.07) is 16.3. The fraction of sp³-hybridized carbons (Fsp3) is 0.0833. The largest absolute Gasteiger partial charge is 0.507 e. The Bertz CT molecular complexity index is 1270. The lowest BCUT2D eigenvalue weighted by atomic mass is 9.95. The van der Waals surface area contributed by atoms with E-state index in [1.807, 2.05) is 0 Å². The molecule has 4 rings (SSSR count). The van der Waals surface area contributed by atoms with Crippen molar-refractivity contribution in [2.24, 2.45) is 0 Å². The molecule has 7 nitrogen and oxygen atoms in total. The minimum atomic E-state index is -1.01. The molecule has 0 bridgehead atoms. The highest BCUT2D eigenvalue weighted by Crippen LogP contribution is 2.43. The Balaban J connectivity index is 1.93. The summed E-state index contributed by atoms with van der Waals surface area (Å²) in [7, 11) is 0. The molecule has 3 aromatic rings. The van der Waals surface area contributed by atoms with Gasteiger partial charge in [0, 0.05) is 23.4 Å². The molecule has 32 heavy (non-hydrogen) atoms. The molecule has 1 saturated heterocycles. The van der Waals surface area contributed by atoms with Gasteiger partial charge >= 0.3 is 0 Å². The molecule has 0 saturated carbocycles. The molecule has 160 valence electrons. The molecule has 1 N–H and O–H groups in total. The van der Waals surface area contributed by atoms with E-state index in [0.717, 1.165) is 5.56 Å². The third-order valence-electron chi connectivity index (χ3n) is 5.36. The number of anilines is 1. The molecule has 1 heterocycles. The summed E-state index contributed by atoms with van der Waals surface area (Å²) in [6.07, 6.45) is 0. The van der Waals surface area contributed by atoms with Crippen LogP contribution < -0.4 is 4.90 Å². The molecule has 3 aromatic carbocycles. The first-order chi connectivity index (χ1) is 15.3. The Morgan fingerprint density at radius 3 is 2.22 bits per heavy atom. The normalized spacial score (nSPS) is 17.6. The fourth-order valence-electron chi connectivity index (χ4n) is 3.77. The lowest BCUT2D eigenvalue weighted by Gasteiger charge is -2.26. The Labute approximate surface area is 182 Å². The molecule has 1 unspecified atom stereocenters. The molecule has 1 aliphatic rings. The number of halogens is 1. The zero-order valence-corrected chi connectivity index (χ0v) is 16.9. The van der Waals surface area contributed by atoms with Gasteiger partial charge in [-0.3, -0.25) is 24.6 Å². The molecule has 1 amide bonds. The summed E-state index contributed by atoms with van der Waals surface area (Å²) in [5.41, 5.74) is 1.42. The van der Waals surface area contributed by atoms with Crippen molar-refractivity contribution < 1.29 is 24.0 Å². The van der Waals surface area contributed by atoms with Gasteiger partial charge in [0.15, 0.2) is 0 Å². The minimum absolute atomic E-state index is 0.144. The lowest BCUT2D eigenvalue weighted by Crippen LogP contribution is -2.30. The van der Waals surface area contributed by atoms with Crippen LogP contribution in [0.25, 0.3) is 5.76 Å². The van der Waals surface area contributed by atoms with Crippen molar-refractivity contribution in [1.29, 1.82) is 0 Å². The van der Waals surface area contributed by atoms with Crippen LogP contribution in [0.4, 0.5) is 15.8 Å². The van der Waals surface area contributed by atoms with Crippen molar-refractivity contribution in [3.8, 4) is 0 Å². The van der Waals surface area contributed by atoms with Gasteiger partial charge in [-0.2, -0.15) is 0 Å². The van der Waals surface area contributed by atoms with Gasteiger partial charge in [0.25, 0.3) is 17.4 Å². The number of amides is 1. The number of hydrogen-bond acceptors (Lipinski definition) is 5. The molecule has 1 aliphatic heterocycles. The number of ketones is 1. The van der Waals surface area contributed by atoms with E-state index in [4.69, 9.17) is 0 Å². The lowest BCUT2D eigenvalue weighted by molar-refractivity contribution is -0.384. The number of para-hydroxylation sites is 1. The predicted octanol–water partition coefficient (Wildman–Crippen LogP) is 4.67. The summed E-state index contributed by atoms with van der Waals surface area (Å²) in [5, 5.41) is 21.9. The topological polar surface area (TPSA) is 101 Å². The zero-order valence-electron chi connectivity index (χ0n) is 16.9. The van der Waals surface area contributed by atoms with Crippen molar-refractivity contribution in [2.45, 2.75) is 13.0 Å². The van der Waals surface area contributed by atoms with Gasteiger partial charge in [0.1, 0.15) is 11.6 Å². The van der Waals surface area contributed by atoms with E-state index in [0.29, 0.717) is 11.3 Å². The summed E-state index contributed by atoms with van der Waals surface area (Å²) < 4.78 is 13.6. The standard InChI is InChI=1S/C24H17FN2O5/c1-14-4-2-3-5-19(14)26-21(15-6-10-17(25)11-7-15)20(23(29)24(26)30)22(28)16-8-12-18(13-9-16)27(31)32/h2-13,21,28H,1H3/b22-20-. The van der Waals surface area contributed by atoms with Crippen molar-refractivity contribution in [3.05, 3.63) is 111 Å². The number of nitrogens with zero attached hydrogens (tertiary/aromatic N) is 2. The molecule has 0 spiro atoms. The molecular weight excluding hydrogens is 415 g/mol. The SMILES string of the molecule is Cc1ccccc1N1C(=O)C(=O)/C(=C(\O)c2ccc([N+](=O)[O-])cc2)C1c1ccc(F)cc1. The number of non-ortho nitro benzene ring substituents is 1. The van der Waals surface area contributed by atoms with Gasteiger partial charge in [-0.15, -0.1) is 0 Å². The third-order valence-corrected chi connectivity index (χ3v) is 5.36. The summed E-state index contributed by atoms with van der Waals surface area (Å²) in [4.78, 5) is 37.7. The van der Waals surface area contributed by atoms with E-state index < -0.39 is 34.2 Å². The van der Waals surface area contributed by atoms with Crippen LogP contribution in [0.2, 0.25) is 0 Å². The Hall–Kier alpha value is -4.33. The fourth-order valence-corrected chi connectivity index (χ4v) is 3.77. The van der Waals surface area contributed by atoms with E-state index in [2.05, 4.69) is 0 Å². The van der Waals surface area contributed by atoms with E-state index >= 15 is 0 Å². The van der Waals surface area contributed by atoms with Crippen LogP contribution in [0.3, 0.4) is 0 Å². The van der Waals surface area contributed by atoms with Crippen LogP contribution in [0.1, 0.15) is 22.7 Å². The van der Waals surface area contributed by atoms with Crippen molar-refractivity contribution in [2.75, 3.05) is 4.90 Å². The van der Waals surface area contributed by atoms with E-state index in [1.165, 1.54) is 53.4 Å². The number of nitro benzene ring substituents is 1. The average Bonchev–Trinajstić information content (AvgIpc) is 3.05. The number of carbonyl (C=O) groups excluding carboxylic acids is 2. The Morgan fingerprint density at radius 1 is 1.00 bits per heavy atom. The molecule has 0 radical (unpaired) electrons.